The summed E-state index contributed by atoms with van der Waals surface area (Å²) in [5.41, 5.74) is 8.78. The Bertz CT molecular complexity index is 716. The maximum atomic E-state index is 4.79. The lowest BCUT2D eigenvalue weighted by molar-refractivity contribution is 0.686. The van der Waals surface area contributed by atoms with E-state index in [1.807, 2.05) is 0 Å². The highest BCUT2D eigenvalue weighted by atomic mass is 14.7. The number of aryl methyl sites for hydroxylation is 2. The van der Waals surface area contributed by atoms with Gasteiger partial charge in [0.05, 0.1) is 5.69 Å². The van der Waals surface area contributed by atoms with Crippen LogP contribution in [0.4, 0.5) is 0 Å². The van der Waals surface area contributed by atoms with Crippen molar-refractivity contribution in [1.82, 2.24) is 4.98 Å². The molecule has 1 fully saturated rings. The zero-order chi connectivity index (χ0) is 13.8. The van der Waals surface area contributed by atoms with Gasteiger partial charge in [0.25, 0.3) is 0 Å². The number of rotatable bonds is 1. The molecule has 1 aromatic heterocycles. The SMILES string of the molecule is c1cc2c(cc1-c1cc3c(cn1)C1CCC3C1)CCCC2. The van der Waals surface area contributed by atoms with Crippen LogP contribution < -0.4 is 0 Å². The van der Waals surface area contributed by atoms with E-state index in [0.29, 0.717) is 0 Å². The first-order valence-electron chi connectivity index (χ1n) is 8.50. The van der Waals surface area contributed by atoms with Crippen molar-refractivity contribution in [2.75, 3.05) is 0 Å². The molecule has 3 aliphatic rings. The fraction of sp³-hybridized carbons (Fsp3) is 0.450. The Kier molecular flexibility index (Phi) is 2.52. The van der Waals surface area contributed by atoms with E-state index in [1.54, 1.807) is 22.3 Å². The quantitative estimate of drug-likeness (QED) is 0.714. The van der Waals surface area contributed by atoms with Gasteiger partial charge in [0.1, 0.15) is 0 Å². The summed E-state index contributed by atoms with van der Waals surface area (Å²) in [7, 11) is 0. The van der Waals surface area contributed by atoms with Crippen LogP contribution in [0.3, 0.4) is 0 Å². The summed E-state index contributed by atoms with van der Waals surface area (Å²) >= 11 is 0. The normalized spacial score (nSPS) is 25.7. The van der Waals surface area contributed by atoms with E-state index in [1.165, 1.54) is 56.2 Å². The summed E-state index contributed by atoms with van der Waals surface area (Å²) in [5.74, 6) is 1.64. The van der Waals surface area contributed by atoms with E-state index in [-0.39, 0.29) is 0 Å². The second-order valence-electron chi connectivity index (χ2n) is 7.10. The molecule has 1 aromatic carbocycles. The third-order valence-electron chi connectivity index (χ3n) is 5.92. The Morgan fingerprint density at radius 3 is 2.57 bits per heavy atom. The molecule has 0 amide bonds. The predicted molar refractivity (Wildman–Crippen MR) is 85.6 cm³/mol. The molecule has 1 nitrogen and oxygen atoms in total. The van der Waals surface area contributed by atoms with Gasteiger partial charge in [-0.05, 0) is 91.2 Å². The minimum atomic E-state index is 0.815. The van der Waals surface area contributed by atoms with Crippen molar-refractivity contribution in [2.45, 2.75) is 56.8 Å². The first-order chi connectivity index (χ1) is 10.4. The maximum Gasteiger partial charge on any atom is 0.0705 e. The molecule has 3 aliphatic carbocycles. The molecule has 0 N–H and O–H groups in total. The van der Waals surface area contributed by atoms with E-state index in [2.05, 4.69) is 30.5 Å². The van der Waals surface area contributed by atoms with E-state index in [0.717, 1.165) is 11.8 Å². The largest absolute Gasteiger partial charge is 0.256 e. The van der Waals surface area contributed by atoms with Crippen molar-refractivity contribution in [3.63, 3.8) is 0 Å². The van der Waals surface area contributed by atoms with Crippen LogP contribution in [-0.4, -0.2) is 4.98 Å². The molecule has 2 unspecified atom stereocenters. The Labute approximate surface area is 126 Å². The summed E-state index contributed by atoms with van der Waals surface area (Å²) < 4.78 is 0. The van der Waals surface area contributed by atoms with Crippen LogP contribution in [0, 0.1) is 0 Å². The van der Waals surface area contributed by atoms with E-state index < -0.39 is 0 Å². The fourth-order valence-corrected chi connectivity index (χ4v) is 4.77. The lowest BCUT2D eigenvalue weighted by Crippen LogP contribution is -2.03. The second-order valence-corrected chi connectivity index (χ2v) is 7.10. The van der Waals surface area contributed by atoms with Crippen molar-refractivity contribution in [1.29, 1.82) is 0 Å². The fourth-order valence-electron chi connectivity index (χ4n) is 4.77. The van der Waals surface area contributed by atoms with Crippen molar-refractivity contribution < 1.29 is 0 Å². The molecule has 2 atom stereocenters. The molecule has 1 saturated carbocycles. The van der Waals surface area contributed by atoms with Gasteiger partial charge in [0.2, 0.25) is 0 Å². The Morgan fingerprint density at radius 2 is 1.67 bits per heavy atom. The molecule has 0 radical (unpaired) electrons. The average molecular weight is 275 g/mol. The van der Waals surface area contributed by atoms with E-state index >= 15 is 0 Å². The van der Waals surface area contributed by atoms with Gasteiger partial charge >= 0.3 is 0 Å². The maximum absolute atomic E-state index is 4.79. The molecule has 21 heavy (non-hydrogen) atoms. The molecule has 1 heterocycles. The van der Waals surface area contributed by atoms with Gasteiger partial charge < -0.3 is 0 Å². The van der Waals surface area contributed by atoms with Crippen LogP contribution in [0.5, 0.6) is 0 Å². The number of benzene rings is 1. The van der Waals surface area contributed by atoms with Gasteiger partial charge in [-0.25, -0.2) is 0 Å². The number of aromatic nitrogens is 1. The highest BCUT2D eigenvalue weighted by Crippen LogP contribution is 2.53. The van der Waals surface area contributed by atoms with E-state index in [4.69, 9.17) is 4.98 Å². The van der Waals surface area contributed by atoms with Crippen LogP contribution in [0.15, 0.2) is 30.5 Å². The molecule has 2 aromatic rings. The molecule has 2 bridgehead atoms. The zero-order valence-corrected chi connectivity index (χ0v) is 12.4. The monoisotopic (exact) mass is 275 g/mol. The summed E-state index contributed by atoms with van der Waals surface area (Å²) in [6.45, 7) is 0. The Balaban J connectivity index is 1.58. The van der Waals surface area contributed by atoms with E-state index in [9.17, 15) is 0 Å². The van der Waals surface area contributed by atoms with Gasteiger partial charge in [0.15, 0.2) is 0 Å². The highest BCUT2D eigenvalue weighted by Gasteiger charge is 2.37. The number of hydrogen-bond donors (Lipinski definition) is 0. The topological polar surface area (TPSA) is 12.9 Å². The average Bonchev–Trinajstić information content (AvgIpc) is 3.16. The third kappa shape index (κ3) is 1.79. The number of nitrogens with zero attached hydrogens (tertiary/aromatic N) is 1. The predicted octanol–water partition coefficient (Wildman–Crippen LogP) is 4.99. The molecular weight excluding hydrogens is 254 g/mol. The molecule has 0 spiro atoms. The smallest absolute Gasteiger partial charge is 0.0705 e. The standard InChI is InChI=1S/C20H21N/c1-2-4-14-9-17(8-5-13(14)3-1)20-11-18-15-6-7-16(10-15)19(18)12-21-20/h5,8-9,11-12,15-16H,1-4,6-7,10H2. The van der Waals surface area contributed by atoms with Crippen LogP contribution in [-0.2, 0) is 12.8 Å². The second kappa shape index (κ2) is 4.43. The van der Waals surface area contributed by atoms with Crippen LogP contribution >= 0.6 is 0 Å². The van der Waals surface area contributed by atoms with Gasteiger partial charge in [-0.2, -0.15) is 0 Å². The van der Waals surface area contributed by atoms with Crippen molar-refractivity contribution in [2.24, 2.45) is 0 Å². The van der Waals surface area contributed by atoms with Gasteiger partial charge in [0, 0.05) is 11.8 Å². The zero-order valence-electron chi connectivity index (χ0n) is 12.4. The van der Waals surface area contributed by atoms with Crippen LogP contribution in [0.2, 0.25) is 0 Å². The van der Waals surface area contributed by atoms with Gasteiger partial charge in [-0.1, -0.05) is 12.1 Å². The molecule has 1 heteroatoms. The number of fused-ring (bicyclic) bond motifs is 6. The molecule has 106 valence electrons. The van der Waals surface area contributed by atoms with Crippen molar-refractivity contribution in [3.8, 4) is 11.3 Å². The molecule has 0 saturated heterocycles. The summed E-state index contributed by atoms with van der Waals surface area (Å²) in [5, 5.41) is 0. The minimum Gasteiger partial charge on any atom is -0.256 e. The molecule has 5 rings (SSSR count). The van der Waals surface area contributed by atoms with Gasteiger partial charge in [-0.3, -0.25) is 4.98 Å². The molecule has 0 aliphatic heterocycles. The molecular formula is C20H21N. The van der Waals surface area contributed by atoms with Gasteiger partial charge in [-0.15, -0.1) is 0 Å². The summed E-state index contributed by atoms with van der Waals surface area (Å²) in [6.07, 6.45) is 11.5. The summed E-state index contributed by atoms with van der Waals surface area (Å²) in [4.78, 5) is 4.79. The minimum absolute atomic E-state index is 0.815. The Morgan fingerprint density at radius 1 is 0.857 bits per heavy atom. The lowest BCUT2D eigenvalue weighted by Gasteiger charge is -2.18. The van der Waals surface area contributed by atoms with Crippen molar-refractivity contribution >= 4 is 0 Å². The van der Waals surface area contributed by atoms with Crippen LogP contribution in [0.1, 0.15) is 66.2 Å². The first-order valence-corrected chi connectivity index (χ1v) is 8.50. The lowest BCUT2D eigenvalue weighted by atomic mass is 9.88. The summed E-state index contributed by atoms with van der Waals surface area (Å²) in [6, 6.07) is 9.41. The Hall–Kier alpha value is -1.63. The van der Waals surface area contributed by atoms with Crippen LogP contribution in [0.25, 0.3) is 11.3 Å². The number of pyridine rings is 1. The highest BCUT2D eigenvalue weighted by molar-refractivity contribution is 5.63. The third-order valence-corrected chi connectivity index (χ3v) is 5.92. The first kappa shape index (κ1) is 12.0. The number of hydrogen-bond acceptors (Lipinski definition) is 1. The van der Waals surface area contributed by atoms with Crippen molar-refractivity contribution in [3.05, 3.63) is 52.7 Å².